The van der Waals surface area contributed by atoms with E-state index >= 15 is 0 Å². The van der Waals surface area contributed by atoms with E-state index in [1.54, 1.807) is 0 Å². The molecular formula is C48H87O12P. The minimum atomic E-state index is -5.03. The Hall–Kier alpha value is -1.70. The molecule has 61 heavy (non-hydrogen) atoms. The van der Waals surface area contributed by atoms with Crippen molar-refractivity contribution in [2.45, 2.75) is 230 Å². The number of phosphoric acid groups is 1. The Bertz CT molecular complexity index is 1190. The van der Waals surface area contributed by atoms with Gasteiger partial charge in [-0.05, 0) is 77.0 Å². The van der Waals surface area contributed by atoms with Crippen molar-refractivity contribution in [3.8, 4) is 0 Å². The summed E-state index contributed by atoms with van der Waals surface area (Å²) in [5.41, 5.74) is 0. The van der Waals surface area contributed by atoms with E-state index in [9.17, 15) is 39.8 Å². The first-order valence-electron chi connectivity index (χ1n) is 24.0. The molecule has 0 saturated heterocycles. The zero-order valence-electron chi connectivity index (χ0n) is 38.0. The maximum atomic E-state index is 12.8. The molecule has 0 aliphatic heterocycles. The van der Waals surface area contributed by atoms with E-state index in [1.807, 2.05) is 0 Å². The van der Waals surface area contributed by atoms with Crippen molar-refractivity contribution in [3.63, 3.8) is 0 Å². The van der Waals surface area contributed by atoms with Gasteiger partial charge in [0.05, 0.1) is 13.2 Å². The molecule has 0 spiro atoms. The SMILES string of the molecule is CCCCC/C=C\C/C=C\CCCCCCCCOCC(COP(=O)(O)OC1C(O)C(O)C(O)C(O)C1O)OC(=O)CCCCCCCCC/C=C\C/C=C\CCCCCC. The molecule has 0 aromatic carbocycles. The minimum Gasteiger partial charge on any atom is -0.457 e. The number of esters is 1. The number of ether oxygens (including phenoxy) is 2. The normalized spacial score (nSPS) is 22.6. The molecule has 1 saturated carbocycles. The summed E-state index contributed by atoms with van der Waals surface area (Å²) in [6, 6.07) is 0. The average Bonchev–Trinajstić information content (AvgIpc) is 3.24. The van der Waals surface area contributed by atoms with Crippen LogP contribution in [0.4, 0.5) is 0 Å². The summed E-state index contributed by atoms with van der Waals surface area (Å²) < 4.78 is 34.2. The Morgan fingerprint density at radius 2 is 0.918 bits per heavy atom. The van der Waals surface area contributed by atoms with Crippen LogP contribution in [0.1, 0.15) is 187 Å². The second kappa shape index (κ2) is 38.7. The molecule has 6 atom stereocenters. The maximum Gasteiger partial charge on any atom is 0.472 e. The Morgan fingerprint density at radius 1 is 0.525 bits per heavy atom. The van der Waals surface area contributed by atoms with Crippen molar-refractivity contribution in [2.75, 3.05) is 19.8 Å². The molecule has 0 amide bonds. The second-order valence-corrected chi connectivity index (χ2v) is 18.0. The van der Waals surface area contributed by atoms with Crippen LogP contribution in [-0.2, 0) is 27.9 Å². The molecule has 6 unspecified atom stereocenters. The van der Waals surface area contributed by atoms with Crippen LogP contribution in [0.3, 0.4) is 0 Å². The quantitative estimate of drug-likeness (QED) is 0.0148. The van der Waals surface area contributed by atoms with Crippen molar-refractivity contribution in [1.82, 2.24) is 0 Å². The van der Waals surface area contributed by atoms with Gasteiger partial charge in [-0.15, -0.1) is 0 Å². The number of aliphatic hydroxyl groups excluding tert-OH is 5. The number of carbonyl (C=O) groups excluding carboxylic acids is 1. The number of allylic oxidation sites excluding steroid dienone is 8. The Labute approximate surface area is 369 Å². The van der Waals surface area contributed by atoms with Gasteiger partial charge in [-0.1, -0.05) is 152 Å². The van der Waals surface area contributed by atoms with Crippen LogP contribution in [0.15, 0.2) is 48.6 Å². The molecule has 0 aromatic rings. The van der Waals surface area contributed by atoms with Gasteiger partial charge in [0.2, 0.25) is 0 Å². The Balaban J connectivity index is 2.40. The van der Waals surface area contributed by atoms with Crippen molar-refractivity contribution in [2.24, 2.45) is 0 Å². The molecule has 356 valence electrons. The van der Waals surface area contributed by atoms with Crippen LogP contribution in [0, 0.1) is 0 Å². The van der Waals surface area contributed by atoms with Crippen LogP contribution in [0.5, 0.6) is 0 Å². The molecule has 6 N–H and O–H groups in total. The predicted octanol–water partition coefficient (Wildman–Crippen LogP) is 10.0. The molecule has 1 aliphatic carbocycles. The van der Waals surface area contributed by atoms with E-state index in [1.165, 1.54) is 77.0 Å². The molecule has 0 heterocycles. The van der Waals surface area contributed by atoms with Gasteiger partial charge in [-0.25, -0.2) is 4.57 Å². The smallest absolute Gasteiger partial charge is 0.457 e. The molecule has 1 fully saturated rings. The summed E-state index contributed by atoms with van der Waals surface area (Å²) in [4.78, 5) is 23.2. The highest BCUT2D eigenvalue weighted by Gasteiger charge is 2.51. The first-order valence-corrected chi connectivity index (χ1v) is 25.5. The molecule has 12 nitrogen and oxygen atoms in total. The molecule has 0 radical (unpaired) electrons. The standard InChI is InChI=1S/C48H87O12P/c1-3-5-7-9-11-13-15-17-19-21-22-23-25-27-29-31-33-35-37-42(49)59-41(40-58-61(55,56)60-48-46(53)44(51)43(50)45(52)47(48)54)39-57-38-36-34-32-30-28-26-24-20-18-16-14-12-10-8-6-4-2/h12-15,18-21,41,43-48,50-54H,3-11,16-17,22-40H2,1-2H3,(H,55,56)/b14-12-,15-13-,20-18-,21-19-. The van der Waals surface area contributed by atoms with Gasteiger partial charge in [-0.2, -0.15) is 0 Å². The summed E-state index contributed by atoms with van der Waals surface area (Å²) in [6.07, 6.45) is 34.5. The van der Waals surface area contributed by atoms with Crippen molar-refractivity contribution < 1.29 is 58.3 Å². The lowest BCUT2D eigenvalue weighted by atomic mass is 9.85. The summed E-state index contributed by atoms with van der Waals surface area (Å²) in [5.74, 6) is -0.490. The highest BCUT2D eigenvalue weighted by molar-refractivity contribution is 7.47. The molecule has 0 aromatic heterocycles. The third-order valence-electron chi connectivity index (χ3n) is 10.9. The van der Waals surface area contributed by atoms with Crippen LogP contribution < -0.4 is 0 Å². The maximum absolute atomic E-state index is 12.8. The summed E-state index contributed by atoms with van der Waals surface area (Å²) in [7, 11) is -5.03. The number of phosphoric ester groups is 1. The molecule has 1 aliphatic rings. The second-order valence-electron chi connectivity index (χ2n) is 16.6. The fourth-order valence-corrected chi connectivity index (χ4v) is 8.03. The third-order valence-corrected chi connectivity index (χ3v) is 11.9. The van der Waals surface area contributed by atoms with Crippen LogP contribution in [0.25, 0.3) is 0 Å². The molecular weight excluding hydrogens is 799 g/mol. The lowest BCUT2D eigenvalue weighted by molar-refractivity contribution is -0.220. The molecule has 13 heteroatoms. The summed E-state index contributed by atoms with van der Waals surface area (Å²) >= 11 is 0. The molecule has 1 rings (SSSR count). The number of hydrogen-bond donors (Lipinski definition) is 6. The number of carbonyl (C=O) groups is 1. The summed E-state index contributed by atoms with van der Waals surface area (Å²) in [6.45, 7) is 4.19. The largest absolute Gasteiger partial charge is 0.472 e. The van der Waals surface area contributed by atoms with Crippen LogP contribution >= 0.6 is 7.82 Å². The number of unbranched alkanes of at least 4 members (excludes halogenated alkanes) is 20. The van der Waals surface area contributed by atoms with E-state index in [0.717, 1.165) is 83.5 Å². The lowest BCUT2D eigenvalue weighted by Gasteiger charge is -2.41. The minimum absolute atomic E-state index is 0.0880. The number of hydrogen-bond acceptors (Lipinski definition) is 11. The zero-order chi connectivity index (χ0) is 44.8. The van der Waals surface area contributed by atoms with Crippen LogP contribution in [-0.4, -0.2) is 98.9 Å². The Kier molecular flexibility index (Phi) is 36.4. The predicted molar refractivity (Wildman–Crippen MR) is 244 cm³/mol. The number of rotatable bonds is 40. The monoisotopic (exact) mass is 887 g/mol. The number of aliphatic hydroxyl groups is 5. The fraction of sp³-hybridized carbons (Fsp3) is 0.812. The van der Waals surface area contributed by atoms with Gasteiger partial charge in [0.25, 0.3) is 0 Å². The van der Waals surface area contributed by atoms with Gasteiger partial charge in [0, 0.05) is 13.0 Å². The van der Waals surface area contributed by atoms with Crippen molar-refractivity contribution in [3.05, 3.63) is 48.6 Å². The fourth-order valence-electron chi connectivity index (χ4n) is 7.06. The van der Waals surface area contributed by atoms with Gasteiger partial charge in [0.15, 0.2) is 0 Å². The third kappa shape index (κ3) is 30.9. The lowest BCUT2D eigenvalue weighted by Crippen LogP contribution is -2.64. The van der Waals surface area contributed by atoms with Crippen molar-refractivity contribution >= 4 is 13.8 Å². The zero-order valence-corrected chi connectivity index (χ0v) is 38.8. The Morgan fingerprint density at radius 3 is 1.41 bits per heavy atom. The van der Waals surface area contributed by atoms with Crippen LogP contribution in [0.2, 0.25) is 0 Å². The van der Waals surface area contributed by atoms with Gasteiger partial charge in [-0.3, -0.25) is 13.8 Å². The van der Waals surface area contributed by atoms with Crippen molar-refractivity contribution in [1.29, 1.82) is 0 Å². The topological polar surface area (TPSA) is 192 Å². The van der Waals surface area contributed by atoms with E-state index in [0.29, 0.717) is 13.0 Å². The van der Waals surface area contributed by atoms with E-state index in [4.69, 9.17) is 18.5 Å². The first kappa shape index (κ1) is 57.3. The highest BCUT2D eigenvalue weighted by atomic mass is 31.2. The van der Waals surface area contributed by atoms with Gasteiger partial charge < -0.3 is 39.9 Å². The van der Waals surface area contributed by atoms with E-state index in [-0.39, 0.29) is 13.0 Å². The van der Waals surface area contributed by atoms with E-state index in [2.05, 4.69) is 62.5 Å². The average molecular weight is 887 g/mol. The molecule has 0 bridgehead atoms. The summed E-state index contributed by atoms with van der Waals surface area (Å²) in [5, 5.41) is 50.2. The van der Waals surface area contributed by atoms with E-state index < -0.39 is 63.1 Å². The first-order chi connectivity index (χ1) is 29.5. The highest BCUT2D eigenvalue weighted by Crippen LogP contribution is 2.47. The van der Waals surface area contributed by atoms with Gasteiger partial charge >= 0.3 is 13.8 Å². The van der Waals surface area contributed by atoms with Gasteiger partial charge in [0.1, 0.15) is 42.7 Å².